The van der Waals surface area contributed by atoms with Gasteiger partial charge in [-0.15, -0.1) is 0 Å². The zero-order valence-corrected chi connectivity index (χ0v) is 33.5. The Morgan fingerprint density at radius 3 is 0.561 bits per heavy atom. The fourth-order valence-corrected chi connectivity index (χ4v) is 10.5. The van der Waals surface area contributed by atoms with Gasteiger partial charge >= 0.3 is 49.4 Å². The van der Waals surface area contributed by atoms with Crippen LogP contribution in [0.4, 0.5) is 105 Å². The standard InChI is InChI=1S/C38H22F24O2P2/c39-31(40,41)17-5-18(32(42,43)44)10-25(9-17)65(26-11-19(33(45,46)47)6-20(12-26)34(48,49)50)63-29-3-1-2-4-30(29)64-66(27-13-21(35(51,52)53)7-22(14-27)36(54,55)56)28-15-23(37(57,58)59)8-24(16-28)38(60,61)62/h5-16,29-30H,1-4H2/t29-,30-/m0/s1. The first kappa shape index (κ1) is 52.9. The summed E-state index contributed by atoms with van der Waals surface area (Å²) < 4.78 is 349. The zero-order chi connectivity index (χ0) is 50.0. The smallest absolute Gasteiger partial charge is 0.344 e. The van der Waals surface area contributed by atoms with Crippen molar-refractivity contribution in [3.63, 3.8) is 0 Å². The number of alkyl halides is 24. The second-order valence-corrected chi connectivity index (χ2v) is 17.9. The SMILES string of the molecule is FC(F)(F)c1cc(P(O[C@H]2CCCC[C@@H]2OP(c2cc(C(F)(F)F)cc(C(F)(F)F)c2)c2cc(C(F)(F)F)cc(C(F)(F)F)c2)c2cc(C(F)(F)F)cc(C(F)(F)F)c2)cc(C(F)(F)F)c1. The van der Waals surface area contributed by atoms with Gasteiger partial charge in [0.2, 0.25) is 0 Å². The molecule has 0 N–H and O–H groups in total. The van der Waals surface area contributed by atoms with E-state index in [1.165, 1.54) is 0 Å². The summed E-state index contributed by atoms with van der Waals surface area (Å²) in [7, 11) is -7.68. The zero-order valence-electron chi connectivity index (χ0n) is 31.7. The molecule has 0 saturated heterocycles. The number of rotatable bonds is 8. The number of benzene rings is 4. The summed E-state index contributed by atoms with van der Waals surface area (Å²) in [5.41, 5.74) is -17.3. The Bertz CT molecular complexity index is 1920. The minimum atomic E-state index is -5.70. The lowest BCUT2D eigenvalue weighted by molar-refractivity contribution is -0.144. The first-order chi connectivity index (χ1) is 29.7. The van der Waals surface area contributed by atoms with Crippen molar-refractivity contribution in [3.8, 4) is 0 Å². The molecule has 2 nitrogen and oxygen atoms in total. The molecule has 4 aromatic carbocycles. The van der Waals surface area contributed by atoms with Crippen LogP contribution in [0.25, 0.3) is 0 Å². The summed E-state index contributed by atoms with van der Waals surface area (Å²) in [4.78, 5) is 0. The molecule has 4 aromatic rings. The van der Waals surface area contributed by atoms with E-state index in [0.29, 0.717) is 0 Å². The molecule has 28 heteroatoms. The first-order valence-electron chi connectivity index (χ1n) is 17.8. The minimum Gasteiger partial charge on any atom is -0.344 e. The topological polar surface area (TPSA) is 18.5 Å². The van der Waals surface area contributed by atoms with E-state index >= 15 is 0 Å². The second-order valence-electron chi connectivity index (χ2n) is 14.2. The van der Waals surface area contributed by atoms with Crippen LogP contribution in [-0.2, 0) is 58.5 Å². The van der Waals surface area contributed by atoms with Crippen molar-refractivity contribution in [2.75, 3.05) is 0 Å². The maximum Gasteiger partial charge on any atom is 0.416 e. The van der Waals surface area contributed by atoms with E-state index in [2.05, 4.69) is 0 Å². The Morgan fingerprint density at radius 2 is 0.424 bits per heavy atom. The molecule has 0 spiro atoms. The number of hydrogen-bond donors (Lipinski definition) is 0. The molecule has 0 bridgehead atoms. The minimum absolute atomic E-state index is 0.122. The van der Waals surface area contributed by atoms with Crippen molar-refractivity contribution >= 4 is 37.5 Å². The van der Waals surface area contributed by atoms with E-state index in [1.807, 2.05) is 0 Å². The van der Waals surface area contributed by atoms with E-state index < -0.39 is 181 Å². The average molecular weight is 1030 g/mol. The molecule has 1 aliphatic rings. The van der Waals surface area contributed by atoms with Gasteiger partial charge in [-0.3, -0.25) is 0 Å². The van der Waals surface area contributed by atoms with Gasteiger partial charge in [0.1, 0.15) is 0 Å². The van der Waals surface area contributed by atoms with Crippen molar-refractivity contribution < 1.29 is 114 Å². The highest BCUT2D eigenvalue weighted by Crippen LogP contribution is 2.50. The van der Waals surface area contributed by atoms with Gasteiger partial charge in [-0.2, -0.15) is 105 Å². The molecule has 66 heavy (non-hydrogen) atoms. The van der Waals surface area contributed by atoms with Crippen molar-refractivity contribution in [3.05, 3.63) is 117 Å². The third-order valence-corrected chi connectivity index (χ3v) is 13.2. The van der Waals surface area contributed by atoms with E-state index in [9.17, 15) is 105 Å². The summed E-state index contributed by atoms with van der Waals surface area (Å²) >= 11 is 0. The quantitative estimate of drug-likeness (QED) is 0.129. The van der Waals surface area contributed by atoms with Gasteiger partial charge in [-0.1, -0.05) is 12.8 Å². The molecule has 0 radical (unpaired) electrons. The summed E-state index contributed by atoms with van der Waals surface area (Å²) in [5, 5.41) is -5.48. The molecule has 0 unspecified atom stereocenters. The predicted molar refractivity (Wildman–Crippen MR) is 186 cm³/mol. The maximum absolute atomic E-state index is 14.0. The van der Waals surface area contributed by atoms with Gasteiger partial charge in [0.05, 0.1) is 73.0 Å². The Balaban J connectivity index is 1.80. The van der Waals surface area contributed by atoms with Crippen molar-refractivity contribution in [1.29, 1.82) is 0 Å². The Hall–Kier alpha value is -4.02. The lowest BCUT2D eigenvalue weighted by Crippen LogP contribution is -2.36. The molecular formula is C38H22F24O2P2. The molecule has 0 aliphatic heterocycles. The van der Waals surface area contributed by atoms with Crippen molar-refractivity contribution in [2.45, 2.75) is 87.3 Å². The Kier molecular flexibility index (Phi) is 14.5. The maximum atomic E-state index is 14.0. The molecule has 0 aromatic heterocycles. The van der Waals surface area contributed by atoms with E-state index in [0.717, 1.165) is 0 Å². The lowest BCUT2D eigenvalue weighted by atomic mass is 9.95. The van der Waals surface area contributed by atoms with Gasteiger partial charge < -0.3 is 9.05 Å². The largest absolute Gasteiger partial charge is 0.416 e. The predicted octanol–water partition coefficient (Wildman–Crippen LogP) is 14.6. The van der Waals surface area contributed by atoms with E-state index in [-0.39, 0.29) is 61.4 Å². The van der Waals surface area contributed by atoms with Crippen LogP contribution < -0.4 is 21.2 Å². The van der Waals surface area contributed by atoms with Crippen LogP contribution in [0.1, 0.15) is 70.2 Å². The number of hydrogen-bond acceptors (Lipinski definition) is 2. The normalized spacial score (nSPS) is 17.5. The summed E-state index contributed by atoms with van der Waals surface area (Å²) in [6.07, 6.45) is -51.4. The van der Waals surface area contributed by atoms with Crippen LogP contribution >= 0.6 is 16.3 Å². The van der Waals surface area contributed by atoms with E-state index in [4.69, 9.17) is 9.05 Å². The molecule has 0 amide bonds. The summed E-state index contributed by atoms with van der Waals surface area (Å²) in [6.45, 7) is 0. The highest BCUT2D eigenvalue weighted by atomic mass is 31.1. The molecule has 1 aliphatic carbocycles. The first-order valence-corrected chi connectivity index (χ1v) is 20.4. The highest BCUT2D eigenvalue weighted by molar-refractivity contribution is 7.69. The molecular weight excluding hydrogens is 1010 g/mol. The molecule has 5 rings (SSSR count). The molecule has 364 valence electrons. The van der Waals surface area contributed by atoms with Gasteiger partial charge in [-0.25, -0.2) is 0 Å². The van der Waals surface area contributed by atoms with Crippen LogP contribution in [0.3, 0.4) is 0 Å². The van der Waals surface area contributed by atoms with Crippen LogP contribution in [0.15, 0.2) is 72.8 Å². The summed E-state index contributed by atoms with van der Waals surface area (Å²) in [6, 6.07) is -2.87. The van der Waals surface area contributed by atoms with Gasteiger partial charge in [-0.05, 0) is 85.6 Å². The molecule has 1 fully saturated rings. The fourth-order valence-electron chi connectivity index (χ4n) is 6.34. The van der Waals surface area contributed by atoms with E-state index in [1.54, 1.807) is 0 Å². The van der Waals surface area contributed by atoms with Crippen molar-refractivity contribution in [2.24, 2.45) is 0 Å². The van der Waals surface area contributed by atoms with Crippen LogP contribution in [0, 0.1) is 0 Å². The van der Waals surface area contributed by atoms with Gasteiger partial charge in [0.15, 0.2) is 0 Å². The monoisotopic (exact) mass is 1030 g/mol. The lowest BCUT2D eigenvalue weighted by Gasteiger charge is -2.37. The second kappa shape index (κ2) is 18.1. The Labute approximate surface area is 356 Å². The van der Waals surface area contributed by atoms with Crippen molar-refractivity contribution in [1.82, 2.24) is 0 Å². The third-order valence-electron chi connectivity index (χ3n) is 9.35. The number of halogens is 24. The van der Waals surface area contributed by atoms with Gasteiger partial charge in [0, 0.05) is 21.2 Å². The fraction of sp³-hybridized carbons (Fsp3) is 0.368. The average Bonchev–Trinajstić information content (AvgIpc) is 3.16. The van der Waals surface area contributed by atoms with Gasteiger partial charge in [0.25, 0.3) is 0 Å². The van der Waals surface area contributed by atoms with Crippen LogP contribution in [-0.4, -0.2) is 12.2 Å². The van der Waals surface area contributed by atoms with Crippen LogP contribution in [0.5, 0.6) is 0 Å². The molecule has 0 heterocycles. The molecule has 2 atom stereocenters. The highest BCUT2D eigenvalue weighted by Gasteiger charge is 2.45. The molecule has 1 saturated carbocycles. The van der Waals surface area contributed by atoms with Crippen LogP contribution in [0.2, 0.25) is 0 Å². The summed E-state index contributed by atoms with van der Waals surface area (Å²) in [5.74, 6) is 0. The Morgan fingerprint density at radius 1 is 0.273 bits per heavy atom. The third kappa shape index (κ3) is 12.9.